The van der Waals surface area contributed by atoms with Crippen molar-refractivity contribution in [3.63, 3.8) is 0 Å². The molecule has 0 aromatic heterocycles. The highest BCUT2D eigenvalue weighted by Gasteiger charge is 2.17. The van der Waals surface area contributed by atoms with E-state index in [1.807, 2.05) is 34.6 Å². The van der Waals surface area contributed by atoms with Crippen LogP contribution in [-0.4, -0.2) is 50.3 Å². The standard InChI is InChI=1S/C13H28N4O2/c1-12(2,3)17-10(18)8-15-11(14-6)16-9-13(4,5)19-7/h8-9H2,1-7H3,(H,17,18)(H2,14,15,16). The highest BCUT2D eigenvalue weighted by Crippen LogP contribution is 2.04. The molecule has 0 heterocycles. The van der Waals surface area contributed by atoms with Crippen LogP contribution in [0.2, 0.25) is 0 Å². The lowest BCUT2D eigenvalue weighted by Crippen LogP contribution is -2.50. The first-order valence-electron chi connectivity index (χ1n) is 6.40. The highest BCUT2D eigenvalue weighted by atomic mass is 16.5. The molecule has 19 heavy (non-hydrogen) atoms. The van der Waals surface area contributed by atoms with Crippen molar-refractivity contribution in [3.05, 3.63) is 0 Å². The van der Waals surface area contributed by atoms with Gasteiger partial charge in [0.05, 0.1) is 12.1 Å². The van der Waals surface area contributed by atoms with Gasteiger partial charge in [-0.1, -0.05) is 0 Å². The van der Waals surface area contributed by atoms with E-state index in [1.54, 1.807) is 14.2 Å². The third-order valence-electron chi connectivity index (χ3n) is 2.39. The number of hydrogen-bond acceptors (Lipinski definition) is 3. The molecule has 3 N–H and O–H groups in total. The maximum atomic E-state index is 11.7. The van der Waals surface area contributed by atoms with Gasteiger partial charge in [-0.05, 0) is 34.6 Å². The molecule has 6 heteroatoms. The summed E-state index contributed by atoms with van der Waals surface area (Å²) in [6.45, 7) is 10.6. The number of carbonyl (C=O) groups is 1. The fourth-order valence-corrected chi connectivity index (χ4v) is 1.22. The molecule has 0 radical (unpaired) electrons. The van der Waals surface area contributed by atoms with E-state index in [1.165, 1.54) is 0 Å². The fraction of sp³-hybridized carbons (Fsp3) is 0.846. The van der Waals surface area contributed by atoms with E-state index in [9.17, 15) is 4.79 Å². The number of nitrogens with one attached hydrogen (secondary N) is 3. The van der Waals surface area contributed by atoms with Crippen molar-refractivity contribution >= 4 is 11.9 Å². The van der Waals surface area contributed by atoms with Crippen molar-refractivity contribution in [2.24, 2.45) is 4.99 Å². The van der Waals surface area contributed by atoms with Crippen molar-refractivity contribution < 1.29 is 9.53 Å². The van der Waals surface area contributed by atoms with E-state index in [-0.39, 0.29) is 23.6 Å². The Morgan fingerprint density at radius 3 is 2.16 bits per heavy atom. The monoisotopic (exact) mass is 272 g/mol. The molecule has 0 fully saturated rings. The average molecular weight is 272 g/mol. The van der Waals surface area contributed by atoms with Crippen LogP contribution in [0, 0.1) is 0 Å². The van der Waals surface area contributed by atoms with Crippen LogP contribution in [0.15, 0.2) is 4.99 Å². The van der Waals surface area contributed by atoms with Gasteiger partial charge in [0.2, 0.25) is 5.91 Å². The Hall–Kier alpha value is -1.30. The van der Waals surface area contributed by atoms with Crippen molar-refractivity contribution in [1.82, 2.24) is 16.0 Å². The van der Waals surface area contributed by atoms with Crippen molar-refractivity contribution in [3.8, 4) is 0 Å². The molecule has 0 aromatic rings. The molecule has 0 rings (SSSR count). The normalized spacial score (nSPS) is 13.1. The van der Waals surface area contributed by atoms with Crippen molar-refractivity contribution in [2.45, 2.75) is 45.8 Å². The molecule has 0 saturated carbocycles. The van der Waals surface area contributed by atoms with Gasteiger partial charge in [-0.15, -0.1) is 0 Å². The van der Waals surface area contributed by atoms with Crippen LogP contribution in [0.25, 0.3) is 0 Å². The van der Waals surface area contributed by atoms with E-state index in [0.29, 0.717) is 12.5 Å². The molecule has 0 saturated heterocycles. The van der Waals surface area contributed by atoms with Crippen LogP contribution < -0.4 is 16.0 Å². The molecule has 0 aliphatic heterocycles. The third kappa shape index (κ3) is 9.30. The third-order valence-corrected chi connectivity index (χ3v) is 2.39. The molecule has 0 atom stereocenters. The van der Waals surface area contributed by atoms with Crippen LogP contribution in [0.3, 0.4) is 0 Å². The second-order valence-electron chi connectivity index (χ2n) is 6.04. The Bertz CT molecular complexity index is 319. The number of amides is 1. The first kappa shape index (κ1) is 17.7. The number of ether oxygens (including phenoxy) is 1. The lowest BCUT2D eigenvalue weighted by atomic mass is 10.1. The maximum absolute atomic E-state index is 11.7. The van der Waals surface area contributed by atoms with Gasteiger partial charge in [0.15, 0.2) is 5.96 Å². The van der Waals surface area contributed by atoms with Gasteiger partial charge in [-0.2, -0.15) is 0 Å². The number of methoxy groups -OCH3 is 1. The summed E-state index contributed by atoms with van der Waals surface area (Å²) in [5, 5.41) is 8.95. The van der Waals surface area contributed by atoms with Gasteiger partial charge in [-0.25, -0.2) is 0 Å². The van der Waals surface area contributed by atoms with E-state index in [4.69, 9.17) is 4.74 Å². The number of hydrogen-bond donors (Lipinski definition) is 3. The van der Waals surface area contributed by atoms with Gasteiger partial charge in [-0.3, -0.25) is 9.79 Å². The Morgan fingerprint density at radius 2 is 1.74 bits per heavy atom. The van der Waals surface area contributed by atoms with Gasteiger partial charge in [0, 0.05) is 26.2 Å². The van der Waals surface area contributed by atoms with Gasteiger partial charge < -0.3 is 20.7 Å². The zero-order valence-electron chi connectivity index (χ0n) is 13.2. The Labute approximate surface area is 116 Å². The minimum absolute atomic E-state index is 0.0681. The lowest BCUT2D eigenvalue weighted by molar-refractivity contribution is -0.121. The summed E-state index contributed by atoms with van der Waals surface area (Å²) in [6.07, 6.45) is 0. The summed E-state index contributed by atoms with van der Waals surface area (Å²) in [6, 6.07) is 0. The predicted molar refractivity (Wildman–Crippen MR) is 78.3 cm³/mol. The summed E-state index contributed by atoms with van der Waals surface area (Å²) < 4.78 is 5.30. The molecule has 0 unspecified atom stereocenters. The lowest BCUT2D eigenvalue weighted by Gasteiger charge is -2.25. The second-order valence-corrected chi connectivity index (χ2v) is 6.04. The van der Waals surface area contributed by atoms with Crippen molar-refractivity contribution in [2.75, 3.05) is 27.2 Å². The Balaban J connectivity index is 4.13. The summed E-state index contributed by atoms with van der Waals surface area (Å²) in [5.41, 5.74) is -0.515. The van der Waals surface area contributed by atoms with Gasteiger partial charge in [0.25, 0.3) is 0 Å². The molecule has 0 aliphatic rings. The molecular weight excluding hydrogens is 244 g/mol. The number of guanidine groups is 1. The summed E-state index contributed by atoms with van der Waals surface area (Å²) >= 11 is 0. The van der Waals surface area contributed by atoms with Crippen LogP contribution in [0.4, 0.5) is 0 Å². The Kier molecular flexibility index (Phi) is 6.83. The van der Waals surface area contributed by atoms with E-state index in [2.05, 4.69) is 20.9 Å². The van der Waals surface area contributed by atoms with Crippen LogP contribution in [0.1, 0.15) is 34.6 Å². The maximum Gasteiger partial charge on any atom is 0.239 e. The van der Waals surface area contributed by atoms with Gasteiger partial charge >= 0.3 is 0 Å². The van der Waals surface area contributed by atoms with Gasteiger partial charge in [0.1, 0.15) is 0 Å². The summed E-state index contributed by atoms with van der Waals surface area (Å²) in [7, 11) is 3.32. The topological polar surface area (TPSA) is 74.8 Å². The molecule has 0 aliphatic carbocycles. The smallest absolute Gasteiger partial charge is 0.239 e. The summed E-state index contributed by atoms with van der Waals surface area (Å²) in [5.74, 6) is 0.510. The molecule has 0 spiro atoms. The van der Waals surface area contributed by atoms with Crippen LogP contribution >= 0.6 is 0 Å². The zero-order valence-corrected chi connectivity index (χ0v) is 13.2. The molecule has 0 bridgehead atoms. The average Bonchev–Trinajstić information content (AvgIpc) is 2.27. The van der Waals surface area contributed by atoms with Crippen LogP contribution in [-0.2, 0) is 9.53 Å². The van der Waals surface area contributed by atoms with E-state index in [0.717, 1.165) is 0 Å². The minimum atomic E-state index is -0.286. The SMILES string of the molecule is CN=C(NCC(=O)NC(C)(C)C)NCC(C)(C)OC. The second kappa shape index (κ2) is 7.33. The first-order valence-corrected chi connectivity index (χ1v) is 6.40. The van der Waals surface area contributed by atoms with E-state index < -0.39 is 0 Å². The fourth-order valence-electron chi connectivity index (χ4n) is 1.22. The number of rotatable bonds is 5. The quantitative estimate of drug-likeness (QED) is 0.503. The molecule has 1 amide bonds. The molecule has 112 valence electrons. The predicted octanol–water partition coefficient (Wildman–Crippen LogP) is 0.491. The number of carbonyl (C=O) groups excluding carboxylic acids is 1. The number of nitrogens with zero attached hydrogens (tertiary/aromatic N) is 1. The molecule has 0 aromatic carbocycles. The van der Waals surface area contributed by atoms with Crippen molar-refractivity contribution in [1.29, 1.82) is 0 Å². The molecule has 6 nitrogen and oxygen atoms in total. The minimum Gasteiger partial charge on any atom is -0.377 e. The Morgan fingerprint density at radius 1 is 1.16 bits per heavy atom. The number of aliphatic imine (C=N–C) groups is 1. The largest absolute Gasteiger partial charge is 0.377 e. The summed E-state index contributed by atoms with van der Waals surface area (Å²) in [4.78, 5) is 15.7. The van der Waals surface area contributed by atoms with E-state index >= 15 is 0 Å². The molecular formula is C13H28N4O2. The van der Waals surface area contributed by atoms with Crippen LogP contribution in [0.5, 0.6) is 0 Å². The first-order chi connectivity index (χ1) is 8.59. The zero-order chi connectivity index (χ0) is 15.1. The highest BCUT2D eigenvalue weighted by molar-refractivity contribution is 5.86.